The van der Waals surface area contributed by atoms with Gasteiger partial charge in [0.05, 0.1) is 19.5 Å². The van der Waals surface area contributed by atoms with E-state index in [1.807, 2.05) is 0 Å². The highest BCUT2D eigenvalue weighted by Crippen LogP contribution is 2.25. The third-order valence-electron chi connectivity index (χ3n) is 5.64. The number of nitrogens with zero attached hydrogens (tertiary/aromatic N) is 4. The minimum atomic E-state index is -4.47. The van der Waals surface area contributed by atoms with Gasteiger partial charge in [0, 0.05) is 29.8 Å². The molecule has 0 spiro atoms. The second-order valence-corrected chi connectivity index (χ2v) is 8.14. The fraction of sp³-hybridized carbons (Fsp3) is 0.200. The topological polar surface area (TPSA) is 122 Å². The molecule has 0 fully saturated rings. The van der Waals surface area contributed by atoms with Crippen LogP contribution in [0.2, 0.25) is 0 Å². The largest absolute Gasteiger partial charge is 0.497 e. The van der Waals surface area contributed by atoms with Gasteiger partial charge in [0.25, 0.3) is 5.56 Å². The van der Waals surface area contributed by atoms with Crippen molar-refractivity contribution in [3.05, 3.63) is 76.7 Å². The molecule has 0 saturated carbocycles. The summed E-state index contributed by atoms with van der Waals surface area (Å²) in [7, 11) is 3.22. The Bertz CT molecular complexity index is 1480. The molecule has 0 saturated heterocycles. The lowest BCUT2D eigenvalue weighted by molar-refractivity contribution is -0.115. The summed E-state index contributed by atoms with van der Waals surface area (Å²) in [5.41, 5.74) is 7.25. The summed E-state index contributed by atoms with van der Waals surface area (Å²) >= 11 is 0. The number of aromatic nitrogens is 3. The van der Waals surface area contributed by atoms with Crippen LogP contribution in [0, 0.1) is 5.41 Å². The first kappa shape index (κ1) is 25.6. The maximum Gasteiger partial charge on any atom is 0.405 e. The molecule has 9 nitrogen and oxygen atoms in total. The van der Waals surface area contributed by atoms with E-state index in [1.54, 1.807) is 66.5 Å². The van der Waals surface area contributed by atoms with Crippen molar-refractivity contribution in [2.75, 3.05) is 32.7 Å². The summed E-state index contributed by atoms with van der Waals surface area (Å²) in [6.07, 6.45) is -3.10. The fourth-order valence-electron chi connectivity index (χ4n) is 3.66. The predicted octanol–water partition coefficient (Wildman–Crippen LogP) is 3.60. The Kier molecular flexibility index (Phi) is 7.11. The van der Waals surface area contributed by atoms with Gasteiger partial charge in [-0.1, -0.05) is 12.1 Å². The molecule has 37 heavy (non-hydrogen) atoms. The van der Waals surface area contributed by atoms with Gasteiger partial charge in [-0.25, -0.2) is 4.98 Å². The molecule has 4 rings (SSSR count). The average molecular weight is 512 g/mol. The molecule has 0 aliphatic rings. The molecule has 12 heteroatoms. The molecule has 2 aromatic heterocycles. The van der Waals surface area contributed by atoms with E-state index in [1.165, 1.54) is 17.9 Å². The molecule has 0 aliphatic carbocycles. The van der Waals surface area contributed by atoms with Crippen LogP contribution >= 0.6 is 0 Å². The number of nitrogens with two attached hydrogens (primary N) is 1. The van der Waals surface area contributed by atoms with Crippen LogP contribution in [-0.4, -0.2) is 58.8 Å². The molecule has 0 amide bonds. The summed E-state index contributed by atoms with van der Waals surface area (Å²) in [5, 5.41) is 10.8. The lowest BCUT2D eigenvalue weighted by Crippen LogP contribution is -2.32. The summed E-state index contributed by atoms with van der Waals surface area (Å²) in [4.78, 5) is 23.5. The van der Waals surface area contributed by atoms with Crippen molar-refractivity contribution >= 4 is 22.8 Å². The Morgan fingerprint density at radius 2 is 1.84 bits per heavy atom. The molecular formula is C25H24F3N7O2. The van der Waals surface area contributed by atoms with Gasteiger partial charge in [-0.15, -0.1) is 0 Å². The number of anilines is 1. The van der Waals surface area contributed by atoms with E-state index in [0.717, 1.165) is 0 Å². The minimum absolute atomic E-state index is 0.129. The standard InChI is InChI=1S/C25H24F3N7O2/c1-34(14-29)21(30)16-3-7-18(8-4-16)35-22-17(12-31-24(33-22)32-13-25(26,27)28)11-20(23(35)36)15-5-9-19(37-2)10-6-15/h3-12,30H,13-14,29H2,1-2H3,(H,31,32,33). The van der Waals surface area contributed by atoms with Crippen LogP contribution in [0.3, 0.4) is 0 Å². The van der Waals surface area contributed by atoms with Gasteiger partial charge in [0.1, 0.15) is 18.1 Å². The summed E-state index contributed by atoms with van der Waals surface area (Å²) < 4.78 is 44.7. The molecule has 0 bridgehead atoms. The van der Waals surface area contributed by atoms with Crippen LogP contribution < -0.4 is 21.3 Å². The van der Waals surface area contributed by atoms with Crippen molar-refractivity contribution in [2.45, 2.75) is 6.18 Å². The van der Waals surface area contributed by atoms with E-state index in [9.17, 15) is 18.0 Å². The van der Waals surface area contributed by atoms with Gasteiger partial charge in [-0.05, 0) is 48.0 Å². The molecule has 192 valence electrons. The Labute approximate surface area is 209 Å². The van der Waals surface area contributed by atoms with E-state index >= 15 is 0 Å². The third-order valence-corrected chi connectivity index (χ3v) is 5.64. The molecule has 0 radical (unpaired) electrons. The molecule has 4 aromatic rings. The van der Waals surface area contributed by atoms with Crippen LogP contribution in [0.1, 0.15) is 5.56 Å². The predicted molar refractivity (Wildman–Crippen MR) is 135 cm³/mol. The number of amidine groups is 1. The molecule has 0 aliphatic heterocycles. The number of hydrogen-bond donors (Lipinski definition) is 3. The Hall–Kier alpha value is -4.45. The van der Waals surface area contributed by atoms with Gasteiger partial charge in [-0.2, -0.15) is 18.2 Å². The van der Waals surface area contributed by atoms with Crippen LogP contribution in [-0.2, 0) is 0 Å². The normalized spacial score (nSPS) is 11.4. The highest BCUT2D eigenvalue weighted by Gasteiger charge is 2.27. The van der Waals surface area contributed by atoms with Gasteiger partial charge < -0.3 is 20.7 Å². The first-order chi connectivity index (χ1) is 17.6. The molecule has 2 aromatic carbocycles. The smallest absolute Gasteiger partial charge is 0.405 e. The second kappa shape index (κ2) is 10.3. The summed E-state index contributed by atoms with van der Waals surface area (Å²) in [5.74, 6) is 0.548. The number of halogens is 3. The van der Waals surface area contributed by atoms with E-state index in [0.29, 0.717) is 33.5 Å². The zero-order chi connectivity index (χ0) is 26.7. The van der Waals surface area contributed by atoms with Crippen LogP contribution in [0.5, 0.6) is 5.75 Å². The molecule has 2 heterocycles. The maximum absolute atomic E-state index is 13.7. The van der Waals surface area contributed by atoms with E-state index < -0.39 is 18.3 Å². The number of ether oxygens (including phenoxy) is 1. The highest BCUT2D eigenvalue weighted by atomic mass is 19.4. The fourth-order valence-corrected chi connectivity index (χ4v) is 3.66. The monoisotopic (exact) mass is 511 g/mol. The van der Waals surface area contributed by atoms with Crippen molar-refractivity contribution in [1.82, 2.24) is 19.4 Å². The summed E-state index contributed by atoms with van der Waals surface area (Å²) in [6, 6.07) is 15.1. The van der Waals surface area contributed by atoms with E-state index in [-0.39, 0.29) is 24.1 Å². The van der Waals surface area contributed by atoms with Gasteiger partial charge in [0.2, 0.25) is 5.95 Å². The second-order valence-electron chi connectivity index (χ2n) is 8.14. The Morgan fingerprint density at radius 3 is 2.43 bits per heavy atom. The number of pyridine rings is 1. The number of alkyl halides is 3. The number of hydrogen-bond acceptors (Lipinski definition) is 7. The minimum Gasteiger partial charge on any atom is -0.497 e. The van der Waals surface area contributed by atoms with Crippen LogP contribution in [0.4, 0.5) is 19.1 Å². The summed E-state index contributed by atoms with van der Waals surface area (Å²) in [6.45, 7) is -1.17. The van der Waals surface area contributed by atoms with Crippen molar-refractivity contribution < 1.29 is 17.9 Å². The molecule has 4 N–H and O–H groups in total. The lowest BCUT2D eigenvalue weighted by Gasteiger charge is -2.18. The number of nitrogens with one attached hydrogen (secondary N) is 2. The zero-order valence-electron chi connectivity index (χ0n) is 20.0. The Balaban J connectivity index is 1.89. The number of rotatable bonds is 7. The zero-order valence-corrected chi connectivity index (χ0v) is 20.0. The van der Waals surface area contributed by atoms with E-state index in [4.69, 9.17) is 15.9 Å². The van der Waals surface area contributed by atoms with Crippen LogP contribution in [0.15, 0.2) is 65.6 Å². The van der Waals surface area contributed by atoms with Crippen molar-refractivity contribution in [3.8, 4) is 22.6 Å². The first-order valence-electron chi connectivity index (χ1n) is 11.1. The third kappa shape index (κ3) is 5.54. The SMILES string of the molecule is COc1ccc(-c2cc3cnc(NCC(F)(F)F)nc3n(-c3ccc(C(=N)N(C)CN)cc3)c2=O)cc1. The van der Waals surface area contributed by atoms with Gasteiger partial charge >= 0.3 is 6.18 Å². The number of benzene rings is 2. The quantitative estimate of drug-likeness (QED) is 0.197. The molecule has 0 atom stereocenters. The van der Waals surface area contributed by atoms with Gasteiger partial charge in [-0.3, -0.25) is 14.8 Å². The van der Waals surface area contributed by atoms with Crippen molar-refractivity contribution in [2.24, 2.45) is 5.73 Å². The maximum atomic E-state index is 13.7. The molecular weight excluding hydrogens is 487 g/mol. The van der Waals surface area contributed by atoms with Crippen molar-refractivity contribution in [1.29, 1.82) is 5.41 Å². The molecule has 0 unspecified atom stereocenters. The van der Waals surface area contributed by atoms with Gasteiger partial charge in [0.15, 0.2) is 5.65 Å². The number of fused-ring (bicyclic) bond motifs is 1. The Morgan fingerprint density at radius 1 is 1.16 bits per heavy atom. The number of methoxy groups -OCH3 is 1. The van der Waals surface area contributed by atoms with E-state index in [2.05, 4.69) is 15.3 Å². The first-order valence-corrected chi connectivity index (χ1v) is 11.1. The lowest BCUT2D eigenvalue weighted by atomic mass is 10.1. The average Bonchev–Trinajstić information content (AvgIpc) is 2.90. The highest BCUT2D eigenvalue weighted by molar-refractivity contribution is 5.96. The van der Waals surface area contributed by atoms with Crippen LogP contribution in [0.25, 0.3) is 27.8 Å². The van der Waals surface area contributed by atoms with Crippen molar-refractivity contribution in [3.63, 3.8) is 0 Å².